The van der Waals surface area contributed by atoms with Crippen LogP contribution in [0, 0.1) is 5.92 Å². The van der Waals surface area contributed by atoms with Gasteiger partial charge >= 0.3 is 5.97 Å². The van der Waals surface area contributed by atoms with E-state index in [1.54, 1.807) is 6.92 Å². The zero-order valence-corrected chi connectivity index (χ0v) is 12.7. The highest BCUT2D eigenvalue weighted by Crippen LogP contribution is 2.24. The molecule has 1 aliphatic heterocycles. The number of carboxylic acids is 1. The van der Waals surface area contributed by atoms with Crippen LogP contribution in [0.1, 0.15) is 40.0 Å². The average Bonchev–Trinajstić information content (AvgIpc) is 2.39. The van der Waals surface area contributed by atoms with Crippen LogP contribution in [0.2, 0.25) is 0 Å². The van der Waals surface area contributed by atoms with Crippen LogP contribution in [0.4, 0.5) is 0 Å². The van der Waals surface area contributed by atoms with Gasteiger partial charge in [0.1, 0.15) is 6.04 Å². The highest BCUT2D eigenvalue weighted by atomic mass is 32.2. The molecule has 1 N–H and O–H groups in total. The van der Waals surface area contributed by atoms with Crippen molar-refractivity contribution in [3.63, 3.8) is 0 Å². The maximum absolute atomic E-state index is 12.4. The van der Waals surface area contributed by atoms with Gasteiger partial charge in [0, 0.05) is 19.6 Å². The van der Waals surface area contributed by atoms with Crippen LogP contribution in [0.25, 0.3) is 0 Å². The van der Waals surface area contributed by atoms with Crippen molar-refractivity contribution in [1.82, 2.24) is 8.61 Å². The zero-order valence-electron chi connectivity index (χ0n) is 11.9. The molecule has 0 aromatic rings. The normalized spacial score (nSPS) is 20.6. The predicted octanol–water partition coefficient (Wildman–Crippen LogP) is 1.15. The van der Waals surface area contributed by atoms with Crippen LogP contribution >= 0.6 is 0 Å². The smallest absolute Gasteiger partial charge is 0.321 e. The second-order valence-corrected chi connectivity index (χ2v) is 6.86. The van der Waals surface area contributed by atoms with Crippen molar-refractivity contribution in [3.8, 4) is 0 Å². The van der Waals surface area contributed by atoms with E-state index in [1.807, 2.05) is 0 Å². The Morgan fingerprint density at radius 3 is 2.26 bits per heavy atom. The van der Waals surface area contributed by atoms with Crippen molar-refractivity contribution in [2.75, 3.05) is 19.6 Å². The maximum Gasteiger partial charge on any atom is 0.321 e. The minimum absolute atomic E-state index is 0.170. The third kappa shape index (κ3) is 3.67. The molecule has 0 saturated carbocycles. The number of hydrogen-bond donors (Lipinski definition) is 1. The Hall–Kier alpha value is -0.660. The van der Waals surface area contributed by atoms with E-state index in [-0.39, 0.29) is 6.54 Å². The van der Waals surface area contributed by atoms with E-state index in [1.165, 1.54) is 11.2 Å². The lowest BCUT2D eigenvalue weighted by molar-refractivity contribution is -0.140. The van der Waals surface area contributed by atoms with Crippen molar-refractivity contribution in [1.29, 1.82) is 0 Å². The minimum atomic E-state index is -3.66. The number of likely N-dealkylation sites (N-methyl/N-ethyl adjacent to an activating group) is 1. The Labute approximate surface area is 115 Å². The summed E-state index contributed by atoms with van der Waals surface area (Å²) < 4.78 is 27.4. The molecule has 1 atom stereocenters. The first kappa shape index (κ1) is 16.4. The quantitative estimate of drug-likeness (QED) is 0.796. The largest absolute Gasteiger partial charge is 0.480 e. The molecule has 19 heavy (non-hydrogen) atoms. The Bertz CT molecular complexity index is 402. The first-order chi connectivity index (χ1) is 8.84. The molecule has 0 aromatic heterocycles. The standard InChI is InChI=1S/C12H24N2O4S/c1-4-11-6-8-13(9-7-11)19(17,18)14(5-2)10(3)12(15)16/h10-11H,4-9H2,1-3H3,(H,15,16). The molecule has 0 bridgehead atoms. The van der Waals surface area contributed by atoms with E-state index in [9.17, 15) is 13.2 Å². The van der Waals surface area contributed by atoms with Gasteiger partial charge in [-0.25, -0.2) is 0 Å². The Balaban J connectivity index is 2.82. The zero-order chi connectivity index (χ0) is 14.6. The molecule has 0 aromatic carbocycles. The number of carbonyl (C=O) groups is 1. The van der Waals surface area contributed by atoms with Crippen LogP contribution in [0.5, 0.6) is 0 Å². The van der Waals surface area contributed by atoms with Crippen molar-refractivity contribution in [3.05, 3.63) is 0 Å². The van der Waals surface area contributed by atoms with Gasteiger partial charge in [-0.15, -0.1) is 0 Å². The molecular weight excluding hydrogens is 268 g/mol. The summed E-state index contributed by atoms with van der Waals surface area (Å²) >= 11 is 0. The number of carboxylic acid groups (broad SMARTS) is 1. The van der Waals surface area contributed by atoms with Crippen molar-refractivity contribution >= 4 is 16.2 Å². The third-order valence-corrected chi connectivity index (χ3v) is 6.06. The minimum Gasteiger partial charge on any atom is -0.480 e. The molecule has 112 valence electrons. The second-order valence-electron chi connectivity index (χ2n) is 4.98. The summed E-state index contributed by atoms with van der Waals surface area (Å²) in [7, 11) is -3.66. The van der Waals surface area contributed by atoms with Crippen molar-refractivity contribution in [2.45, 2.75) is 46.1 Å². The molecule has 1 unspecified atom stereocenters. The maximum atomic E-state index is 12.4. The van der Waals surface area contributed by atoms with E-state index in [2.05, 4.69) is 6.92 Å². The van der Waals surface area contributed by atoms with Crippen LogP contribution < -0.4 is 0 Å². The molecule has 6 nitrogen and oxygen atoms in total. The van der Waals surface area contributed by atoms with Gasteiger partial charge in [0.25, 0.3) is 10.2 Å². The fraction of sp³-hybridized carbons (Fsp3) is 0.917. The van der Waals surface area contributed by atoms with Gasteiger partial charge in [-0.1, -0.05) is 20.3 Å². The number of piperidine rings is 1. The second kappa shape index (κ2) is 6.67. The topological polar surface area (TPSA) is 77.9 Å². The van der Waals surface area contributed by atoms with E-state index in [0.29, 0.717) is 19.0 Å². The monoisotopic (exact) mass is 292 g/mol. The van der Waals surface area contributed by atoms with Crippen molar-refractivity contribution in [2.24, 2.45) is 5.92 Å². The van der Waals surface area contributed by atoms with E-state index >= 15 is 0 Å². The summed E-state index contributed by atoms with van der Waals surface area (Å²) in [5.74, 6) is -0.535. The summed E-state index contributed by atoms with van der Waals surface area (Å²) in [6.07, 6.45) is 2.78. The Morgan fingerprint density at radius 2 is 1.89 bits per heavy atom. The number of aliphatic carboxylic acids is 1. The predicted molar refractivity (Wildman–Crippen MR) is 73.0 cm³/mol. The lowest BCUT2D eigenvalue weighted by Crippen LogP contribution is -2.52. The van der Waals surface area contributed by atoms with Crippen LogP contribution in [-0.2, 0) is 15.0 Å². The summed E-state index contributed by atoms with van der Waals surface area (Å²) in [4.78, 5) is 11.0. The Morgan fingerprint density at radius 1 is 1.37 bits per heavy atom. The number of rotatable bonds is 6. The van der Waals surface area contributed by atoms with E-state index in [4.69, 9.17) is 5.11 Å². The molecule has 7 heteroatoms. The molecule has 1 saturated heterocycles. The summed E-state index contributed by atoms with van der Waals surface area (Å²) in [6.45, 7) is 6.33. The molecule has 0 aliphatic carbocycles. The number of hydrogen-bond acceptors (Lipinski definition) is 3. The highest BCUT2D eigenvalue weighted by Gasteiger charge is 2.36. The molecule has 1 heterocycles. The molecule has 1 rings (SSSR count). The fourth-order valence-corrected chi connectivity index (χ4v) is 4.24. The van der Waals surface area contributed by atoms with Gasteiger partial charge in [0.15, 0.2) is 0 Å². The molecule has 1 fully saturated rings. The van der Waals surface area contributed by atoms with Gasteiger partial charge in [-0.3, -0.25) is 4.79 Å². The summed E-state index contributed by atoms with van der Waals surface area (Å²) in [5, 5.41) is 9.00. The van der Waals surface area contributed by atoms with Gasteiger partial charge in [0.05, 0.1) is 0 Å². The lowest BCUT2D eigenvalue weighted by Gasteiger charge is -2.35. The molecule has 0 spiro atoms. The van der Waals surface area contributed by atoms with Crippen LogP contribution in [0.3, 0.4) is 0 Å². The van der Waals surface area contributed by atoms with Gasteiger partial charge in [0.2, 0.25) is 0 Å². The van der Waals surface area contributed by atoms with Crippen LogP contribution in [-0.4, -0.2) is 53.8 Å². The molecule has 0 radical (unpaired) electrons. The molecule has 0 amide bonds. The van der Waals surface area contributed by atoms with Gasteiger partial charge in [-0.05, 0) is 25.7 Å². The first-order valence-corrected chi connectivity index (χ1v) is 8.24. The SMILES string of the molecule is CCC1CCN(S(=O)(=O)N(CC)C(C)C(=O)O)CC1. The van der Waals surface area contributed by atoms with Crippen molar-refractivity contribution < 1.29 is 18.3 Å². The summed E-state index contributed by atoms with van der Waals surface area (Å²) in [5.41, 5.74) is 0. The number of nitrogens with zero attached hydrogens (tertiary/aromatic N) is 2. The van der Waals surface area contributed by atoms with Gasteiger partial charge < -0.3 is 5.11 Å². The van der Waals surface area contributed by atoms with Gasteiger partial charge in [-0.2, -0.15) is 17.0 Å². The first-order valence-electron chi connectivity index (χ1n) is 6.84. The Kier molecular flexibility index (Phi) is 5.76. The fourth-order valence-electron chi connectivity index (χ4n) is 2.46. The molecule has 1 aliphatic rings. The highest BCUT2D eigenvalue weighted by molar-refractivity contribution is 7.86. The lowest BCUT2D eigenvalue weighted by atomic mass is 9.96. The van der Waals surface area contributed by atoms with Crippen LogP contribution in [0.15, 0.2) is 0 Å². The van der Waals surface area contributed by atoms with E-state index in [0.717, 1.165) is 23.6 Å². The average molecular weight is 292 g/mol. The van der Waals surface area contributed by atoms with E-state index < -0.39 is 22.2 Å². The summed E-state index contributed by atoms with van der Waals surface area (Å²) in [6, 6.07) is -1.03. The molecular formula is C12H24N2O4S. The third-order valence-electron chi connectivity index (χ3n) is 3.87.